The molecule has 0 radical (unpaired) electrons. The standard InChI is InChI=1S/C11H14BrNOS/c1-7-5-9(6-8(2)10(7)12)14-11(15)13(3)4/h5-6H,1-4H3. The van der Waals surface area contributed by atoms with Gasteiger partial charge in [0.1, 0.15) is 5.75 Å². The first-order valence-corrected chi connectivity index (χ1v) is 5.78. The monoisotopic (exact) mass is 287 g/mol. The van der Waals surface area contributed by atoms with Crippen molar-refractivity contribution >= 4 is 33.3 Å². The Balaban J connectivity index is 2.93. The molecule has 0 saturated heterocycles. The van der Waals surface area contributed by atoms with Crippen molar-refractivity contribution in [3.05, 3.63) is 27.7 Å². The van der Waals surface area contributed by atoms with Crippen molar-refractivity contribution in [2.45, 2.75) is 13.8 Å². The number of thiocarbonyl (C=S) groups is 1. The van der Waals surface area contributed by atoms with Gasteiger partial charge >= 0.3 is 0 Å². The van der Waals surface area contributed by atoms with Crippen molar-refractivity contribution in [3.63, 3.8) is 0 Å². The van der Waals surface area contributed by atoms with Crippen LogP contribution in [0.1, 0.15) is 11.1 Å². The maximum atomic E-state index is 5.53. The average Bonchev–Trinajstić information content (AvgIpc) is 2.13. The van der Waals surface area contributed by atoms with Crippen molar-refractivity contribution in [1.82, 2.24) is 4.90 Å². The molecule has 0 atom stereocenters. The molecule has 0 saturated carbocycles. The molecule has 0 aromatic heterocycles. The molecular weight excluding hydrogens is 274 g/mol. The molecule has 0 amide bonds. The van der Waals surface area contributed by atoms with Gasteiger partial charge in [-0.05, 0) is 49.3 Å². The first-order chi connectivity index (χ1) is 6.91. The highest BCUT2D eigenvalue weighted by Crippen LogP contribution is 2.26. The summed E-state index contributed by atoms with van der Waals surface area (Å²) in [4.78, 5) is 1.77. The molecule has 2 nitrogen and oxygen atoms in total. The third-order valence-electron chi connectivity index (χ3n) is 1.98. The summed E-state index contributed by atoms with van der Waals surface area (Å²) in [6.45, 7) is 4.06. The largest absolute Gasteiger partial charge is 0.432 e. The first kappa shape index (κ1) is 12.5. The zero-order chi connectivity index (χ0) is 11.6. The van der Waals surface area contributed by atoms with Gasteiger partial charge in [-0.1, -0.05) is 15.9 Å². The van der Waals surface area contributed by atoms with E-state index in [-0.39, 0.29) is 0 Å². The topological polar surface area (TPSA) is 12.5 Å². The molecule has 1 rings (SSSR count). The summed E-state index contributed by atoms with van der Waals surface area (Å²) in [5.74, 6) is 0.784. The smallest absolute Gasteiger partial charge is 0.264 e. The van der Waals surface area contributed by atoms with Crippen LogP contribution in [0.4, 0.5) is 0 Å². The van der Waals surface area contributed by atoms with Gasteiger partial charge < -0.3 is 9.64 Å². The third kappa shape index (κ3) is 3.18. The number of rotatable bonds is 1. The number of halogens is 1. The zero-order valence-corrected chi connectivity index (χ0v) is 11.7. The van der Waals surface area contributed by atoms with E-state index in [2.05, 4.69) is 15.9 Å². The second-order valence-corrected chi connectivity index (χ2v) is 4.78. The lowest BCUT2D eigenvalue weighted by Crippen LogP contribution is -2.25. The number of nitrogens with zero attached hydrogens (tertiary/aromatic N) is 1. The fourth-order valence-electron chi connectivity index (χ4n) is 1.16. The van der Waals surface area contributed by atoms with Crippen molar-refractivity contribution in [2.24, 2.45) is 0 Å². The van der Waals surface area contributed by atoms with Gasteiger partial charge in [-0.2, -0.15) is 0 Å². The van der Waals surface area contributed by atoms with Crippen LogP contribution in [0.2, 0.25) is 0 Å². The number of aryl methyl sites for hydroxylation is 2. The van der Waals surface area contributed by atoms with Crippen LogP contribution in [0.5, 0.6) is 5.75 Å². The summed E-state index contributed by atoms with van der Waals surface area (Å²) in [7, 11) is 3.72. The summed E-state index contributed by atoms with van der Waals surface area (Å²) in [5, 5.41) is 0.469. The maximum Gasteiger partial charge on any atom is 0.264 e. The zero-order valence-electron chi connectivity index (χ0n) is 9.30. The lowest BCUT2D eigenvalue weighted by molar-refractivity contribution is 0.449. The van der Waals surface area contributed by atoms with Gasteiger partial charge in [-0.15, -0.1) is 0 Å². The summed E-state index contributed by atoms with van der Waals surface area (Å²) >= 11 is 8.58. The molecule has 0 bridgehead atoms. The second-order valence-electron chi connectivity index (χ2n) is 3.63. The Labute approximate surface area is 104 Å². The molecule has 0 aliphatic rings. The molecule has 1 aromatic rings. The second kappa shape index (κ2) is 4.94. The lowest BCUT2D eigenvalue weighted by Gasteiger charge is -2.15. The van der Waals surface area contributed by atoms with E-state index in [1.807, 2.05) is 40.1 Å². The lowest BCUT2D eigenvalue weighted by atomic mass is 10.1. The molecule has 0 unspecified atom stereocenters. The Hall–Kier alpha value is -0.610. The summed E-state index contributed by atoms with van der Waals surface area (Å²) in [5.41, 5.74) is 2.29. The summed E-state index contributed by atoms with van der Waals surface area (Å²) < 4.78 is 6.65. The van der Waals surface area contributed by atoms with Crippen LogP contribution in [0.3, 0.4) is 0 Å². The van der Waals surface area contributed by atoms with Crippen molar-refractivity contribution < 1.29 is 4.74 Å². The Bertz CT molecular complexity index is 367. The van der Waals surface area contributed by atoms with Crippen molar-refractivity contribution in [3.8, 4) is 5.75 Å². The van der Waals surface area contributed by atoms with E-state index in [9.17, 15) is 0 Å². The van der Waals surface area contributed by atoms with Crippen LogP contribution in [-0.2, 0) is 0 Å². The van der Waals surface area contributed by atoms with Gasteiger partial charge in [-0.25, -0.2) is 0 Å². The maximum absolute atomic E-state index is 5.53. The van der Waals surface area contributed by atoms with Gasteiger partial charge in [0.2, 0.25) is 0 Å². The van der Waals surface area contributed by atoms with Crippen LogP contribution in [0, 0.1) is 13.8 Å². The Morgan fingerprint density at radius 1 is 1.27 bits per heavy atom. The van der Waals surface area contributed by atoms with Crippen molar-refractivity contribution in [2.75, 3.05) is 14.1 Å². The number of ether oxygens (including phenoxy) is 1. The molecule has 0 fully saturated rings. The number of hydrogen-bond acceptors (Lipinski definition) is 2. The molecular formula is C11H14BrNOS. The van der Waals surface area contributed by atoms with E-state index < -0.39 is 0 Å². The number of benzene rings is 1. The summed E-state index contributed by atoms with van der Waals surface area (Å²) in [6, 6.07) is 3.93. The molecule has 82 valence electrons. The molecule has 0 heterocycles. The quantitative estimate of drug-likeness (QED) is 0.736. The highest BCUT2D eigenvalue weighted by Gasteiger charge is 2.06. The van der Waals surface area contributed by atoms with Crippen LogP contribution in [-0.4, -0.2) is 24.2 Å². The Kier molecular flexibility index (Phi) is 4.11. The average molecular weight is 288 g/mol. The van der Waals surface area contributed by atoms with Crippen LogP contribution in [0.15, 0.2) is 16.6 Å². The van der Waals surface area contributed by atoms with E-state index >= 15 is 0 Å². The van der Waals surface area contributed by atoms with Gasteiger partial charge in [0, 0.05) is 18.6 Å². The van der Waals surface area contributed by atoms with Crippen LogP contribution < -0.4 is 4.74 Å². The molecule has 0 N–H and O–H groups in total. The van der Waals surface area contributed by atoms with Crippen LogP contribution in [0.25, 0.3) is 0 Å². The van der Waals surface area contributed by atoms with E-state index in [1.54, 1.807) is 4.90 Å². The molecule has 0 aliphatic carbocycles. The normalized spacial score (nSPS) is 9.93. The van der Waals surface area contributed by atoms with Crippen molar-refractivity contribution in [1.29, 1.82) is 0 Å². The van der Waals surface area contributed by atoms with E-state index in [4.69, 9.17) is 17.0 Å². The van der Waals surface area contributed by atoms with Gasteiger partial charge in [0.15, 0.2) is 0 Å². The SMILES string of the molecule is Cc1cc(OC(=S)N(C)C)cc(C)c1Br. The highest BCUT2D eigenvalue weighted by atomic mass is 79.9. The fourth-order valence-corrected chi connectivity index (χ4v) is 1.48. The van der Waals surface area contributed by atoms with Gasteiger partial charge in [0.05, 0.1) is 0 Å². The first-order valence-electron chi connectivity index (χ1n) is 4.57. The fraction of sp³-hybridized carbons (Fsp3) is 0.364. The van der Waals surface area contributed by atoms with E-state index in [1.165, 1.54) is 0 Å². The minimum Gasteiger partial charge on any atom is -0.432 e. The van der Waals surface area contributed by atoms with Gasteiger partial charge in [-0.3, -0.25) is 0 Å². The molecule has 0 spiro atoms. The number of hydrogen-bond donors (Lipinski definition) is 0. The minimum absolute atomic E-state index is 0.469. The predicted octanol–water partition coefficient (Wildman–Crippen LogP) is 3.29. The van der Waals surface area contributed by atoms with E-state index in [0.29, 0.717) is 5.17 Å². The predicted molar refractivity (Wildman–Crippen MR) is 70.5 cm³/mol. The molecule has 1 aromatic carbocycles. The summed E-state index contributed by atoms with van der Waals surface area (Å²) in [6.07, 6.45) is 0. The van der Waals surface area contributed by atoms with Gasteiger partial charge in [0.25, 0.3) is 5.17 Å². The molecule has 15 heavy (non-hydrogen) atoms. The molecule has 4 heteroatoms. The highest BCUT2D eigenvalue weighted by molar-refractivity contribution is 9.10. The molecule has 0 aliphatic heterocycles. The third-order valence-corrected chi connectivity index (χ3v) is 3.68. The van der Waals surface area contributed by atoms with E-state index in [0.717, 1.165) is 21.3 Å². The Morgan fingerprint density at radius 3 is 2.13 bits per heavy atom. The Morgan fingerprint density at radius 2 is 1.73 bits per heavy atom. The minimum atomic E-state index is 0.469. The van der Waals surface area contributed by atoms with Crippen LogP contribution >= 0.6 is 28.1 Å².